The summed E-state index contributed by atoms with van der Waals surface area (Å²) in [4.78, 5) is 29.2. The zero-order chi connectivity index (χ0) is 17.3. The average Bonchev–Trinajstić information content (AvgIpc) is 2.46. The Hall–Kier alpha value is -2.15. The van der Waals surface area contributed by atoms with Crippen LogP contribution in [0, 0.1) is 5.82 Å². The Morgan fingerprint density at radius 1 is 1.09 bits per heavy atom. The molecular formula is C14H11F3NO4P. The standard InChI is InChI=1S/C14H11F3NO4P/c15-11-2-1-3-12(8-11)18-13(19)9-4-6-10(7-5-9)14(16,17)23(20,21)22/h1-8H,(H,18,19)(H2,20,21,22). The summed E-state index contributed by atoms with van der Waals surface area (Å²) in [6.45, 7) is 0. The Bertz CT molecular complexity index is 774. The molecule has 2 aromatic rings. The minimum atomic E-state index is -5.67. The minimum absolute atomic E-state index is 0.0282. The number of amides is 1. The number of halogens is 3. The SMILES string of the molecule is O=C(Nc1cccc(F)c1)c1ccc(C(F)(F)P(=O)(O)O)cc1. The molecule has 0 spiro atoms. The fourth-order valence-electron chi connectivity index (χ4n) is 1.76. The molecule has 0 saturated carbocycles. The third-order valence-corrected chi connectivity index (χ3v) is 3.93. The lowest BCUT2D eigenvalue weighted by Crippen LogP contribution is -2.15. The normalized spacial score (nSPS) is 12.0. The largest absolute Gasteiger partial charge is 0.399 e. The van der Waals surface area contributed by atoms with Crippen molar-refractivity contribution in [1.82, 2.24) is 0 Å². The molecule has 0 atom stereocenters. The van der Waals surface area contributed by atoms with Gasteiger partial charge in [-0.3, -0.25) is 9.36 Å². The molecule has 2 rings (SSSR count). The van der Waals surface area contributed by atoms with Crippen LogP contribution >= 0.6 is 7.60 Å². The van der Waals surface area contributed by atoms with Crippen molar-refractivity contribution in [3.05, 3.63) is 65.5 Å². The van der Waals surface area contributed by atoms with E-state index < -0.39 is 30.5 Å². The van der Waals surface area contributed by atoms with E-state index >= 15 is 0 Å². The quantitative estimate of drug-likeness (QED) is 0.742. The summed E-state index contributed by atoms with van der Waals surface area (Å²) in [7, 11) is -5.67. The first-order valence-electron chi connectivity index (χ1n) is 6.22. The number of anilines is 1. The zero-order valence-electron chi connectivity index (χ0n) is 11.4. The molecule has 0 aliphatic rings. The summed E-state index contributed by atoms with van der Waals surface area (Å²) in [5, 5.41) is 2.37. The molecule has 9 heteroatoms. The average molecular weight is 345 g/mol. The number of rotatable bonds is 4. The van der Waals surface area contributed by atoms with Crippen LogP contribution in [0.5, 0.6) is 0 Å². The van der Waals surface area contributed by atoms with E-state index in [0.29, 0.717) is 0 Å². The number of carbonyl (C=O) groups is 1. The molecule has 0 heterocycles. The second-order valence-corrected chi connectivity index (χ2v) is 6.28. The Kier molecular flexibility index (Phi) is 4.61. The van der Waals surface area contributed by atoms with E-state index in [4.69, 9.17) is 9.79 Å². The van der Waals surface area contributed by atoms with Gasteiger partial charge in [-0.2, -0.15) is 8.78 Å². The lowest BCUT2D eigenvalue weighted by Gasteiger charge is -2.18. The molecule has 2 aromatic carbocycles. The van der Waals surface area contributed by atoms with Crippen LogP contribution in [-0.4, -0.2) is 15.7 Å². The summed E-state index contributed by atoms with van der Waals surface area (Å²) in [6.07, 6.45) is 0. The number of alkyl halides is 2. The highest BCUT2D eigenvalue weighted by atomic mass is 31.2. The molecule has 3 N–H and O–H groups in total. The predicted molar refractivity (Wildman–Crippen MR) is 76.7 cm³/mol. The Labute approximate surface area is 128 Å². The van der Waals surface area contributed by atoms with Gasteiger partial charge in [0.25, 0.3) is 5.91 Å². The van der Waals surface area contributed by atoms with Crippen molar-refractivity contribution in [3.8, 4) is 0 Å². The summed E-state index contributed by atoms with van der Waals surface area (Å²) >= 11 is 0. The van der Waals surface area contributed by atoms with Crippen molar-refractivity contribution in [3.63, 3.8) is 0 Å². The van der Waals surface area contributed by atoms with E-state index in [0.717, 1.165) is 30.3 Å². The second-order valence-electron chi connectivity index (χ2n) is 4.63. The molecule has 1 amide bonds. The second kappa shape index (κ2) is 6.16. The third kappa shape index (κ3) is 3.79. The van der Waals surface area contributed by atoms with E-state index in [-0.39, 0.29) is 11.3 Å². The summed E-state index contributed by atoms with van der Waals surface area (Å²) in [5.41, 5.74) is -5.10. The number of benzene rings is 2. The van der Waals surface area contributed by atoms with Gasteiger partial charge in [0, 0.05) is 16.8 Å². The van der Waals surface area contributed by atoms with Gasteiger partial charge >= 0.3 is 13.3 Å². The van der Waals surface area contributed by atoms with E-state index in [1.54, 1.807) is 0 Å². The first kappa shape index (κ1) is 17.2. The highest BCUT2D eigenvalue weighted by molar-refractivity contribution is 7.52. The van der Waals surface area contributed by atoms with Gasteiger partial charge in [0.1, 0.15) is 5.82 Å². The first-order chi connectivity index (χ1) is 10.6. The van der Waals surface area contributed by atoms with Gasteiger partial charge in [-0.15, -0.1) is 0 Å². The van der Waals surface area contributed by atoms with Crippen LogP contribution in [0.15, 0.2) is 48.5 Å². The zero-order valence-corrected chi connectivity index (χ0v) is 12.3. The molecule has 23 heavy (non-hydrogen) atoms. The maximum absolute atomic E-state index is 13.5. The molecule has 0 unspecified atom stereocenters. The molecule has 122 valence electrons. The third-order valence-electron chi connectivity index (χ3n) is 2.94. The minimum Gasteiger partial charge on any atom is -0.322 e. The molecule has 0 aliphatic carbocycles. The lowest BCUT2D eigenvalue weighted by atomic mass is 10.1. The Morgan fingerprint density at radius 2 is 1.70 bits per heavy atom. The number of carbonyl (C=O) groups excluding carboxylic acids is 1. The van der Waals surface area contributed by atoms with E-state index in [1.807, 2.05) is 0 Å². The van der Waals surface area contributed by atoms with Crippen LogP contribution in [0.2, 0.25) is 0 Å². The van der Waals surface area contributed by atoms with Crippen LogP contribution < -0.4 is 5.32 Å². The molecule has 0 saturated heterocycles. The maximum atomic E-state index is 13.5. The van der Waals surface area contributed by atoms with E-state index in [2.05, 4.69) is 5.32 Å². The van der Waals surface area contributed by atoms with Crippen molar-refractivity contribution in [2.75, 3.05) is 5.32 Å². The molecular weight excluding hydrogens is 334 g/mol. The van der Waals surface area contributed by atoms with Gasteiger partial charge in [-0.05, 0) is 30.3 Å². The monoisotopic (exact) mass is 345 g/mol. The van der Waals surface area contributed by atoms with Gasteiger partial charge in [-0.1, -0.05) is 18.2 Å². The summed E-state index contributed by atoms with van der Waals surface area (Å²) < 4.78 is 50.7. The molecule has 0 bridgehead atoms. The predicted octanol–water partition coefficient (Wildman–Crippen LogP) is 3.31. The van der Waals surface area contributed by atoms with E-state index in [1.165, 1.54) is 18.2 Å². The van der Waals surface area contributed by atoms with Crippen molar-refractivity contribution < 1.29 is 32.3 Å². The Balaban J connectivity index is 2.19. The van der Waals surface area contributed by atoms with Crippen LogP contribution in [0.25, 0.3) is 0 Å². The number of hydrogen-bond acceptors (Lipinski definition) is 2. The van der Waals surface area contributed by atoms with Crippen LogP contribution in [0.4, 0.5) is 18.9 Å². The van der Waals surface area contributed by atoms with Gasteiger partial charge in [0.05, 0.1) is 0 Å². The van der Waals surface area contributed by atoms with E-state index in [9.17, 15) is 22.5 Å². The Morgan fingerprint density at radius 3 is 2.22 bits per heavy atom. The topological polar surface area (TPSA) is 86.6 Å². The lowest BCUT2D eigenvalue weighted by molar-refractivity contribution is 0.0564. The fraction of sp³-hybridized carbons (Fsp3) is 0.0714. The summed E-state index contributed by atoms with van der Waals surface area (Å²) in [6, 6.07) is 8.58. The van der Waals surface area contributed by atoms with Gasteiger partial charge in [-0.25, -0.2) is 4.39 Å². The summed E-state index contributed by atoms with van der Waals surface area (Å²) in [5.74, 6) is -1.24. The van der Waals surface area contributed by atoms with Crippen LogP contribution in [0.1, 0.15) is 15.9 Å². The van der Waals surface area contributed by atoms with Crippen LogP contribution in [-0.2, 0) is 10.2 Å². The fourth-order valence-corrected chi connectivity index (χ4v) is 2.25. The molecule has 0 radical (unpaired) electrons. The van der Waals surface area contributed by atoms with Crippen molar-refractivity contribution >= 4 is 19.2 Å². The van der Waals surface area contributed by atoms with Crippen LogP contribution in [0.3, 0.4) is 0 Å². The highest BCUT2D eigenvalue weighted by Gasteiger charge is 2.50. The first-order valence-corrected chi connectivity index (χ1v) is 7.83. The van der Waals surface area contributed by atoms with Gasteiger partial charge < -0.3 is 15.1 Å². The van der Waals surface area contributed by atoms with Crippen molar-refractivity contribution in [2.45, 2.75) is 5.66 Å². The molecule has 0 aromatic heterocycles. The smallest absolute Gasteiger partial charge is 0.322 e. The van der Waals surface area contributed by atoms with Crippen molar-refractivity contribution in [2.24, 2.45) is 0 Å². The van der Waals surface area contributed by atoms with Gasteiger partial charge in [0.2, 0.25) is 0 Å². The molecule has 5 nitrogen and oxygen atoms in total. The number of hydrogen-bond donors (Lipinski definition) is 3. The molecule has 0 aliphatic heterocycles. The molecule has 0 fully saturated rings. The highest BCUT2D eigenvalue weighted by Crippen LogP contribution is 2.59. The van der Waals surface area contributed by atoms with Crippen molar-refractivity contribution in [1.29, 1.82) is 0 Å². The van der Waals surface area contributed by atoms with Gasteiger partial charge in [0.15, 0.2) is 0 Å². The number of nitrogens with one attached hydrogen (secondary N) is 1. The maximum Gasteiger partial charge on any atom is 0.399 e.